The Bertz CT molecular complexity index is 1730. The second-order valence-electron chi connectivity index (χ2n) is 8.69. The molecule has 6 rings (SSSR count). The lowest BCUT2D eigenvalue weighted by molar-refractivity contribution is 0.0687. The van der Waals surface area contributed by atoms with Crippen LogP contribution in [0.4, 0.5) is 0 Å². The van der Waals surface area contributed by atoms with Crippen molar-refractivity contribution in [3.8, 4) is 56.9 Å². The van der Waals surface area contributed by atoms with Crippen LogP contribution in [0, 0.1) is 0 Å². The second-order valence-corrected chi connectivity index (χ2v) is 8.69. The highest BCUT2D eigenvalue weighted by Gasteiger charge is 2.21. The summed E-state index contributed by atoms with van der Waals surface area (Å²) in [6.07, 6.45) is 0. The van der Waals surface area contributed by atoms with E-state index in [1.807, 2.05) is 60.7 Å². The van der Waals surface area contributed by atoms with Crippen molar-refractivity contribution >= 4 is 11.9 Å². The van der Waals surface area contributed by atoms with Crippen LogP contribution < -0.4 is 0 Å². The van der Waals surface area contributed by atoms with Crippen molar-refractivity contribution in [3.05, 3.63) is 108 Å². The molecule has 0 bridgehead atoms. The minimum Gasteiger partial charge on any atom is -0.478 e. The Kier molecular flexibility index (Phi) is 6.17. The molecule has 4 aromatic carbocycles. The van der Waals surface area contributed by atoms with Crippen molar-refractivity contribution < 1.29 is 28.6 Å². The zero-order chi connectivity index (χ0) is 27.6. The first-order chi connectivity index (χ1) is 19.5. The number of aromatic carboxylic acids is 2. The molecule has 0 saturated carbocycles. The summed E-state index contributed by atoms with van der Waals surface area (Å²) in [6, 6.07) is 27.7. The first kappa shape index (κ1) is 24.4. The van der Waals surface area contributed by atoms with Gasteiger partial charge in [0.1, 0.15) is 0 Å². The summed E-state index contributed by atoms with van der Waals surface area (Å²) in [7, 11) is 0. The summed E-state index contributed by atoms with van der Waals surface area (Å²) in [5.41, 5.74) is 3.77. The molecule has 2 aromatic heterocycles. The number of aromatic nitrogens is 4. The summed E-state index contributed by atoms with van der Waals surface area (Å²) >= 11 is 0. The van der Waals surface area contributed by atoms with Gasteiger partial charge in [-0.1, -0.05) is 60.7 Å². The normalized spacial score (nSPS) is 10.9. The number of hydrogen-bond acceptors (Lipinski definition) is 8. The molecule has 10 nitrogen and oxygen atoms in total. The smallest absolute Gasteiger partial charge is 0.336 e. The third-order valence-corrected chi connectivity index (χ3v) is 6.20. The van der Waals surface area contributed by atoms with Gasteiger partial charge in [0, 0.05) is 11.1 Å². The van der Waals surface area contributed by atoms with E-state index in [2.05, 4.69) is 20.4 Å². The highest BCUT2D eigenvalue weighted by Crippen LogP contribution is 2.33. The number of nitrogens with zero attached hydrogens (tertiary/aromatic N) is 4. The van der Waals surface area contributed by atoms with Crippen LogP contribution in [0.2, 0.25) is 0 Å². The van der Waals surface area contributed by atoms with Crippen LogP contribution in [0.3, 0.4) is 0 Å². The molecule has 0 atom stereocenters. The molecule has 0 unspecified atom stereocenters. The van der Waals surface area contributed by atoms with E-state index in [-0.39, 0.29) is 34.7 Å². The number of carboxylic acid groups (broad SMARTS) is 2. The molecule has 0 aliphatic rings. The van der Waals surface area contributed by atoms with Crippen LogP contribution in [-0.4, -0.2) is 42.5 Å². The van der Waals surface area contributed by atoms with Crippen LogP contribution in [0.1, 0.15) is 20.7 Å². The van der Waals surface area contributed by atoms with Gasteiger partial charge < -0.3 is 19.0 Å². The Balaban J connectivity index is 1.33. The highest BCUT2D eigenvalue weighted by atomic mass is 16.4. The quantitative estimate of drug-likeness (QED) is 0.244. The Morgan fingerprint density at radius 1 is 0.475 bits per heavy atom. The monoisotopic (exact) mass is 530 g/mol. The highest BCUT2D eigenvalue weighted by molar-refractivity contribution is 5.98. The third-order valence-electron chi connectivity index (χ3n) is 6.20. The fraction of sp³-hybridized carbons (Fsp3) is 0. The summed E-state index contributed by atoms with van der Waals surface area (Å²) < 4.78 is 11.6. The zero-order valence-electron chi connectivity index (χ0n) is 20.6. The molecule has 0 aliphatic carbocycles. The van der Waals surface area contributed by atoms with E-state index in [1.54, 1.807) is 24.3 Å². The van der Waals surface area contributed by atoms with Crippen molar-refractivity contribution in [3.63, 3.8) is 0 Å². The molecule has 194 valence electrons. The predicted octanol–water partition coefficient (Wildman–Crippen LogP) is 6.18. The minimum absolute atomic E-state index is 0.0252. The number of benzene rings is 4. The molecule has 0 radical (unpaired) electrons. The second kappa shape index (κ2) is 10.1. The number of rotatable bonds is 7. The van der Waals surface area contributed by atoms with Gasteiger partial charge in [0.15, 0.2) is 0 Å². The first-order valence-electron chi connectivity index (χ1n) is 12.0. The van der Waals surface area contributed by atoms with Crippen molar-refractivity contribution in [2.75, 3.05) is 0 Å². The van der Waals surface area contributed by atoms with E-state index < -0.39 is 11.9 Å². The van der Waals surface area contributed by atoms with Crippen molar-refractivity contribution in [2.45, 2.75) is 0 Å². The van der Waals surface area contributed by atoms with Crippen molar-refractivity contribution in [1.29, 1.82) is 0 Å². The lowest BCUT2D eigenvalue weighted by Gasteiger charge is -2.08. The lowest BCUT2D eigenvalue weighted by Crippen LogP contribution is -1.99. The van der Waals surface area contributed by atoms with Crippen molar-refractivity contribution in [2.24, 2.45) is 0 Å². The average molecular weight is 530 g/mol. The Hall–Kier alpha value is -5.90. The summed E-state index contributed by atoms with van der Waals surface area (Å²) in [4.78, 5) is 23.6. The molecule has 2 N–H and O–H groups in total. The van der Waals surface area contributed by atoms with E-state index in [1.165, 1.54) is 12.1 Å². The summed E-state index contributed by atoms with van der Waals surface area (Å²) in [5, 5.41) is 35.5. The van der Waals surface area contributed by atoms with E-state index in [9.17, 15) is 19.8 Å². The maximum atomic E-state index is 11.8. The molecule has 0 saturated heterocycles. The van der Waals surface area contributed by atoms with Gasteiger partial charge in [0.05, 0.1) is 11.1 Å². The molecular formula is C30H18N4O6. The van der Waals surface area contributed by atoms with Gasteiger partial charge in [-0.15, -0.1) is 20.4 Å². The van der Waals surface area contributed by atoms with Gasteiger partial charge in [0.25, 0.3) is 0 Å². The van der Waals surface area contributed by atoms with Gasteiger partial charge in [-0.2, -0.15) is 0 Å². The molecule has 2 heterocycles. The molecule has 40 heavy (non-hydrogen) atoms. The number of carboxylic acids is 2. The third kappa shape index (κ3) is 4.61. The number of carbonyl (C=O) groups is 2. The van der Waals surface area contributed by atoms with E-state index in [4.69, 9.17) is 8.83 Å². The maximum absolute atomic E-state index is 11.8. The SMILES string of the molecule is O=C(O)c1ccc(-c2nnc(-c3nnc(-c4ccc(C(=O)O)c(-c5ccccc5)c4)o3)o2)cc1-c1ccccc1. The molecule has 6 aromatic rings. The first-order valence-corrected chi connectivity index (χ1v) is 12.0. The minimum atomic E-state index is -1.05. The largest absolute Gasteiger partial charge is 0.478 e. The molecule has 0 fully saturated rings. The van der Waals surface area contributed by atoms with Crippen LogP contribution in [0.15, 0.2) is 106 Å². The number of hydrogen-bond donors (Lipinski definition) is 2. The molecule has 0 aliphatic heterocycles. The van der Waals surface area contributed by atoms with Crippen LogP contribution in [-0.2, 0) is 0 Å². The lowest BCUT2D eigenvalue weighted by atomic mass is 9.97. The standard InChI is InChI=1S/C30H18N4O6/c35-29(36)21-13-11-19(15-23(21)17-7-3-1-4-8-17)25-31-33-27(39-25)28-34-32-26(40-28)20-12-14-22(30(37)38)24(16-20)18-9-5-2-6-10-18/h1-16H,(H,35,36)(H,37,38). The van der Waals surface area contributed by atoms with Gasteiger partial charge in [-0.05, 0) is 58.7 Å². The van der Waals surface area contributed by atoms with Crippen LogP contribution in [0.25, 0.3) is 56.9 Å². The molecular weight excluding hydrogens is 512 g/mol. The van der Waals surface area contributed by atoms with Gasteiger partial charge in [-0.25, -0.2) is 9.59 Å². The molecule has 0 amide bonds. The molecule has 0 spiro atoms. The Labute approximate surface area is 226 Å². The average Bonchev–Trinajstić information content (AvgIpc) is 3.68. The predicted molar refractivity (Wildman–Crippen MR) is 143 cm³/mol. The summed E-state index contributed by atoms with van der Waals surface area (Å²) in [5.74, 6) is -1.88. The molecule has 10 heteroatoms. The van der Waals surface area contributed by atoms with E-state index in [0.717, 1.165) is 11.1 Å². The Morgan fingerprint density at radius 2 is 0.850 bits per heavy atom. The topological polar surface area (TPSA) is 152 Å². The maximum Gasteiger partial charge on any atom is 0.336 e. The van der Waals surface area contributed by atoms with Crippen LogP contribution in [0.5, 0.6) is 0 Å². The van der Waals surface area contributed by atoms with Gasteiger partial charge in [-0.3, -0.25) is 0 Å². The van der Waals surface area contributed by atoms with Crippen LogP contribution >= 0.6 is 0 Å². The van der Waals surface area contributed by atoms with Crippen molar-refractivity contribution in [1.82, 2.24) is 20.4 Å². The zero-order valence-corrected chi connectivity index (χ0v) is 20.6. The van der Waals surface area contributed by atoms with Gasteiger partial charge in [0.2, 0.25) is 11.8 Å². The van der Waals surface area contributed by atoms with Gasteiger partial charge >= 0.3 is 23.7 Å². The summed E-state index contributed by atoms with van der Waals surface area (Å²) in [6.45, 7) is 0. The fourth-order valence-electron chi connectivity index (χ4n) is 4.29. The Morgan fingerprint density at radius 3 is 1.23 bits per heavy atom. The van der Waals surface area contributed by atoms with E-state index >= 15 is 0 Å². The van der Waals surface area contributed by atoms with E-state index in [0.29, 0.717) is 22.3 Å². The fourth-order valence-corrected chi connectivity index (χ4v) is 4.29.